The summed E-state index contributed by atoms with van der Waals surface area (Å²) in [4.78, 5) is 24.2. The SMILES string of the molecule is CCN(C)C(=O)COC(=O)COc1cccc(N)c1. The van der Waals surface area contributed by atoms with Crippen molar-refractivity contribution in [1.29, 1.82) is 0 Å². The first-order chi connectivity index (χ1) is 9.02. The minimum Gasteiger partial charge on any atom is -0.482 e. The zero-order valence-corrected chi connectivity index (χ0v) is 11.1. The highest BCUT2D eigenvalue weighted by atomic mass is 16.6. The molecule has 0 heterocycles. The lowest BCUT2D eigenvalue weighted by atomic mass is 10.3. The maximum absolute atomic E-state index is 11.4. The lowest BCUT2D eigenvalue weighted by Gasteiger charge is -2.14. The number of rotatable bonds is 6. The molecule has 6 nitrogen and oxygen atoms in total. The monoisotopic (exact) mass is 266 g/mol. The molecule has 0 saturated carbocycles. The Labute approximate surface area is 112 Å². The van der Waals surface area contributed by atoms with Gasteiger partial charge in [0, 0.05) is 25.3 Å². The predicted molar refractivity (Wildman–Crippen MR) is 70.6 cm³/mol. The molecule has 1 rings (SSSR count). The number of esters is 1. The van der Waals surface area contributed by atoms with Crippen LogP contribution in [-0.4, -0.2) is 43.6 Å². The number of amides is 1. The van der Waals surface area contributed by atoms with Gasteiger partial charge in [-0.05, 0) is 19.1 Å². The molecule has 1 amide bonds. The molecular formula is C13H18N2O4. The van der Waals surface area contributed by atoms with Crippen LogP contribution in [0, 0.1) is 0 Å². The van der Waals surface area contributed by atoms with Gasteiger partial charge >= 0.3 is 5.97 Å². The third-order valence-corrected chi connectivity index (χ3v) is 2.47. The highest BCUT2D eigenvalue weighted by Crippen LogP contribution is 2.14. The molecule has 6 heteroatoms. The van der Waals surface area contributed by atoms with Crippen molar-refractivity contribution in [2.24, 2.45) is 0 Å². The Morgan fingerprint density at radius 1 is 1.32 bits per heavy atom. The molecule has 0 spiro atoms. The molecule has 2 N–H and O–H groups in total. The fourth-order valence-electron chi connectivity index (χ4n) is 1.22. The van der Waals surface area contributed by atoms with Crippen LogP contribution in [0.25, 0.3) is 0 Å². The minimum absolute atomic E-state index is 0.250. The van der Waals surface area contributed by atoms with Crippen molar-refractivity contribution in [3.05, 3.63) is 24.3 Å². The summed E-state index contributed by atoms with van der Waals surface area (Å²) in [6.07, 6.45) is 0. The molecule has 0 aliphatic carbocycles. The molecule has 0 radical (unpaired) electrons. The largest absolute Gasteiger partial charge is 0.482 e. The van der Waals surface area contributed by atoms with Crippen LogP contribution in [0.4, 0.5) is 5.69 Å². The molecule has 0 aliphatic heterocycles. The van der Waals surface area contributed by atoms with E-state index in [-0.39, 0.29) is 19.1 Å². The first-order valence-corrected chi connectivity index (χ1v) is 5.91. The van der Waals surface area contributed by atoms with Crippen molar-refractivity contribution in [1.82, 2.24) is 4.90 Å². The molecule has 0 unspecified atom stereocenters. The summed E-state index contributed by atoms with van der Waals surface area (Å²) in [6.45, 7) is 1.87. The second-order valence-corrected chi connectivity index (χ2v) is 3.93. The van der Waals surface area contributed by atoms with Crippen molar-refractivity contribution in [3.63, 3.8) is 0 Å². The quantitative estimate of drug-likeness (QED) is 0.604. The third kappa shape index (κ3) is 5.29. The van der Waals surface area contributed by atoms with Gasteiger partial charge in [0.2, 0.25) is 0 Å². The Morgan fingerprint density at radius 2 is 2.05 bits per heavy atom. The average Bonchev–Trinajstić information content (AvgIpc) is 2.41. The predicted octanol–water partition coefficient (Wildman–Crippen LogP) is 0.669. The van der Waals surface area contributed by atoms with E-state index in [4.69, 9.17) is 15.2 Å². The maximum atomic E-state index is 11.4. The van der Waals surface area contributed by atoms with Crippen LogP contribution in [-0.2, 0) is 14.3 Å². The zero-order valence-electron chi connectivity index (χ0n) is 11.1. The Bertz CT molecular complexity index is 448. The number of nitrogen functional groups attached to an aromatic ring is 1. The number of nitrogens with two attached hydrogens (primary N) is 1. The van der Waals surface area contributed by atoms with Gasteiger partial charge in [-0.25, -0.2) is 4.79 Å². The molecule has 1 aromatic rings. The van der Waals surface area contributed by atoms with E-state index in [1.54, 1.807) is 31.3 Å². The molecule has 0 bridgehead atoms. The van der Waals surface area contributed by atoms with E-state index in [0.717, 1.165) is 0 Å². The molecule has 0 saturated heterocycles. The summed E-state index contributed by atoms with van der Waals surface area (Å²) in [5.41, 5.74) is 6.11. The smallest absolute Gasteiger partial charge is 0.344 e. The molecule has 0 fully saturated rings. The summed E-state index contributed by atoms with van der Waals surface area (Å²) < 4.78 is 9.98. The summed E-state index contributed by atoms with van der Waals surface area (Å²) in [6, 6.07) is 6.71. The molecule has 0 aromatic heterocycles. The van der Waals surface area contributed by atoms with E-state index < -0.39 is 5.97 Å². The van der Waals surface area contributed by atoms with Gasteiger partial charge in [-0.2, -0.15) is 0 Å². The van der Waals surface area contributed by atoms with Crippen molar-refractivity contribution in [3.8, 4) is 5.75 Å². The number of benzene rings is 1. The lowest BCUT2D eigenvalue weighted by molar-refractivity contribution is -0.153. The normalized spacial score (nSPS) is 9.79. The first kappa shape index (κ1) is 14.8. The highest BCUT2D eigenvalue weighted by Gasteiger charge is 2.11. The fourth-order valence-corrected chi connectivity index (χ4v) is 1.22. The first-order valence-electron chi connectivity index (χ1n) is 5.91. The second-order valence-electron chi connectivity index (χ2n) is 3.93. The molecule has 0 aliphatic rings. The van der Waals surface area contributed by atoms with Gasteiger partial charge in [-0.1, -0.05) is 6.07 Å². The van der Waals surface area contributed by atoms with Gasteiger partial charge in [-0.3, -0.25) is 4.79 Å². The average molecular weight is 266 g/mol. The number of carbonyl (C=O) groups excluding carboxylic acids is 2. The summed E-state index contributed by atoms with van der Waals surface area (Å²) >= 11 is 0. The summed E-state index contributed by atoms with van der Waals surface area (Å²) in [5, 5.41) is 0. The Morgan fingerprint density at radius 3 is 2.68 bits per heavy atom. The fraction of sp³-hybridized carbons (Fsp3) is 0.385. The molecule has 0 atom stereocenters. The van der Waals surface area contributed by atoms with E-state index >= 15 is 0 Å². The van der Waals surface area contributed by atoms with Gasteiger partial charge in [0.1, 0.15) is 5.75 Å². The number of hydrogen-bond acceptors (Lipinski definition) is 5. The third-order valence-electron chi connectivity index (χ3n) is 2.47. The van der Waals surface area contributed by atoms with Gasteiger partial charge < -0.3 is 20.1 Å². The standard InChI is InChI=1S/C13H18N2O4/c1-3-15(2)12(16)8-19-13(17)9-18-11-6-4-5-10(14)7-11/h4-7H,3,8-9,14H2,1-2H3. The van der Waals surface area contributed by atoms with Crippen LogP contribution in [0.3, 0.4) is 0 Å². The van der Waals surface area contributed by atoms with Gasteiger partial charge in [0.25, 0.3) is 5.91 Å². The van der Waals surface area contributed by atoms with E-state index in [1.165, 1.54) is 4.90 Å². The number of hydrogen-bond donors (Lipinski definition) is 1. The van der Waals surface area contributed by atoms with Gasteiger partial charge in [-0.15, -0.1) is 0 Å². The molecule has 1 aromatic carbocycles. The number of carbonyl (C=O) groups is 2. The summed E-state index contributed by atoms with van der Waals surface area (Å²) in [5.74, 6) is -0.367. The van der Waals surface area contributed by atoms with Crippen LogP contribution in [0.1, 0.15) is 6.92 Å². The number of nitrogens with zero attached hydrogens (tertiary/aromatic N) is 1. The molecular weight excluding hydrogens is 248 g/mol. The van der Waals surface area contributed by atoms with Crippen molar-refractivity contribution >= 4 is 17.6 Å². The van der Waals surface area contributed by atoms with Crippen LogP contribution in [0.2, 0.25) is 0 Å². The van der Waals surface area contributed by atoms with E-state index in [2.05, 4.69) is 0 Å². The maximum Gasteiger partial charge on any atom is 0.344 e. The van der Waals surface area contributed by atoms with Crippen LogP contribution in [0.5, 0.6) is 5.75 Å². The van der Waals surface area contributed by atoms with E-state index in [0.29, 0.717) is 18.0 Å². The van der Waals surface area contributed by atoms with Gasteiger partial charge in [0.05, 0.1) is 0 Å². The highest BCUT2D eigenvalue weighted by molar-refractivity contribution is 5.80. The zero-order chi connectivity index (χ0) is 14.3. The molecule has 19 heavy (non-hydrogen) atoms. The number of anilines is 1. The molecule has 104 valence electrons. The lowest BCUT2D eigenvalue weighted by Crippen LogP contribution is -2.31. The van der Waals surface area contributed by atoms with E-state index in [9.17, 15) is 9.59 Å². The van der Waals surface area contributed by atoms with Crippen LogP contribution >= 0.6 is 0 Å². The van der Waals surface area contributed by atoms with E-state index in [1.807, 2.05) is 6.92 Å². The van der Waals surface area contributed by atoms with Crippen LogP contribution < -0.4 is 10.5 Å². The number of likely N-dealkylation sites (N-methyl/N-ethyl adjacent to an activating group) is 1. The summed E-state index contributed by atoms with van der Waals surface area (Å²) in [7, 11) is 1.64. The van der Waals surface area contributed by atoms with Crippen molar-refractivity contribution < 1.29 is 19.1 Å². The topological polar surface area (TPSA) is 81.9 Å². The Kier molecular flexibility index (Phi) is 5.66. The Balaban J connectivity index is 2.30. The minimum atomic E-state index is -0.597. The van der Waals surface area contributed by atoms with Crippen molar-refractivity contribution in [2.45, 2.75) is 6.92 Å². The van der Waals surface area contributed by atoms with Gasteiger partial charge in [0.15, 0.2) is 13.2 Å². The second kappa shape index (κ2) is 7.25. The Hall–Kier alpha value is -2.24. The van der Waals surface area contributed by atoms with Crippen molar-refractivity contribution in [2.75, 3.05) is 32.5 Å². The number of ether oxygens (including phenoxy) is 2. The van der Waals surface area contributed by atoms with Crippen LogP contribution in [0.15, 0.2) is 24.3 Å².